The van der Waals surface area contributed by atoms with E-state index in [9.17, 15) is 8.42 Å². The molecule has 5 nitrogen and oxygen atoms in total. The van der Waals surface area contributed by atoms with Gasteiger partial charge in [0.25, 0.3) is 0 Å². The quantitative estimate of drug-likeness (QED) is 0.826. The zero-order valence-corrected chi connectivity index (χ0v) is 14.5. The van der Waals surface area contributed by atoms with Crippen LogP contribution in [0.4, 0.5) is 0 Å². The van der Waals surface area contributed by atoms with Crippen LogP contribution in [0, 0.1) is 0 Å². The van der Waals surface area contributed by atoms with Crippen LogP contribution in [0.15, 0.2) is 59.5 Å². The molecule has 0 aliphatic rings. The first-order valence-electron chi connectivity index (χ1n) is 6.96. The Bertz CT molecular complexity index is 708. The van der Waals surface area contributed by atoms with Gasteiger partial charge in [-0.05, 0) is 17.7 Å². The Morgan fingerprint density at radius 2 is 1.65 bits per heavy atom. The maximum Gasteiger partial charge on any atom is 0.247 e. The standard InChI is InChI=1S/C16H20N2O3S.ClH/c1-21-15-9-5-6-10-16(15)22(19,20)18(12-11-17)13-14-7-3-2-4-8-14;/h2-10H,11-13,17H2,1H3;1H. The van der Waals surface area contributed by atoms with E-state index >= 15 is 0 Å². The second kappa shape index (κ2) is 8.88. The fraction of sp³-hybridized carbons (Fsp3) is 0.250. The third-order valence-corrected chi connectivity index (χ3v) is 5.15. The van der Waals surface area contributed by atoms with E-state index in [4.69, 9.17) is 10.5 Å². The lowest BCUT2D eigenvalue weighted by molar-refractivity contribution is 0.388. The summed E-state index contributed by atoms with van der Waals surface area (Å²) in [6.45, 7) is 0.773. The van der Waals surface area contributed by atoms with Gasteiger partial charge in [-0.2, -0.15) is 4.31 Å². The van der Waals surface area contributed by atoms with Crippen molar-refractivity contribution < 1.29 is 13.2 Å². The molecule has 0 heterocycles. The predicted octanol–water partition coefficient (Wildman–Crippen LogP) is 2.27. The number of hydrogen-bond donors (Lipinski definition) is 1. The summed E-state index contributed by atoms with van der Waals surface area (Å²) in [5, 5.41) is 0. The third kappa shape index (κ3) is 4.68. The summed E-state index contributed by atoms with van der Waals surface area (Å²) in [7, 11) is -2.22. The molecule has 0 aliphatic heterocycles. The Morgan fingerprint density at radius 1 is 1.04 bits per heavy atom. The van der Waals surface area contributed by atoms with E-state index in [1.165, 1.54) is 11.4 Å². The van der Waals surface area contributed by atoms with Crippen LogP contribution in [0.5, 0.6) is 5.75 Å². The molecule has 2 N–H and O–H groups in total. The van der Waals surface area contributed by atoms with Crippen molar-refractivity contribution in [2.24, 2.45) is 5.73 Å². The van der Waals surface area contributed by atoms with Crippen molar-refractivity contribution in [3.63, 3.8) is 0 Å². The lowest BCUT2D eigenvalue weighted by Gasteiger charge is -2.22. The minimum Gasteiger partial charge on any atom is -0.495 e. The number of nitrogens with zero attached hydrogens (tertiary/aromatic N) is 1. The summed E-state index contributed by atoms with van der Waals surface area (Å²) in [6, 6.07) is 16.0. The molecule has 0 atom stereocenters. The van der Waals surface area contributed by atoms with Crippen LogP contribution in [0.3, 0.4) is 0 Å². The van der Waals surface area contributed by atoms with Crippen molar-refractivity contribution in [3.05, 3.63) is 60.2 Å². The van der Waals surface area contributed by atoms with Crippen molar-refractivity contribution in [1.29, 1.82) is 0 Å². The minimum atomic E-state index is -3.68. The zero-order chi connectivity index (χ0) is 16.0. The lowest BCUT2D eigenvalue weighted by atomic mass is 10.2. The number of rotatable bonds is 7. The molecule has 2 aromatic carbocycles. The number of halogens is 1. The Hall–Kier alpha value is -1.60. The fourth-order valence-electron chi connectivity index (χ4n) is 2.19. The van der Waals surface area contributed by atoms with Crippen molar-refractivity contribution in [1.82, 2.24) is 4.31 Å². The Morgan fingerprint density at radius 3 is 2.26 bits per heavy atom. The van der Waals surface area contributed by atoms with Crippen LogP contribution < -0.4 is 10.5 Å². The highest BCUT2D eigenvalue weighted by Crippen LogP contribution is 2.27. The summed E-state index contributed by atoms with van der Waals surface area (Å²) in [5.74, 6) is 0.331. The number of hydrogen-bond acceptors (Lipinski definition) is 4. The average Bonchev–Trinajstić information content (AvgIpc) is 2.55. The fourth-order valence-corrected chi connectivity index (χ4v) is 3.79. The van der Waals surface area contributed by atoms with E-state index in [0.717, 1.165) is 5.56 Å². The molecule has 0 bridgehead atoms. The number of nitrogens with two attached hydrogens (primary N) is 1. The van der Waals surface area contributed by atoms with Crippen LogP contribution in [0.1, 0.15) is 5.56 Å². The van der Waals surface area contributed by atoms with E-state index < -0.39 is 10.0 Å². The SMILES string of the molecule is COc1ccccc1S(=O)(=O)N(CCN)Cc1ccccc1.Cl. The van der Waals surface area contributed by atoms with E-state index in [1.807, 2.05) is 30.3 Å². The van der Waals surface area contributed by atoms with E-state index in [0.29, 0.717) is 5.75 Å². The summed E-state index contributed by atoms with van der Waals surface area (Å²) in [6.07, 6.45) is 0. The van der Waals surface area contributed by atoms with Crippen LogP contribution in [0.2, 0.25) is 0 Å². The molecular formula is C16H21ClN2O3S. The second-order valence-corrected chi connectivity index (χ2v) is 6.67. The zero-order valence-electron chi connectivity index (χ0n) is 12.9. The van der Waals surface area contributed by atoms with Crippen LogP contribution in [-0.4, -0.2) is 32.9 Å². The summed E-state index contributed by atoms with van der Waals surface area (Å²) >= 11 is 0. The van der Waals surface area contributed by atoms with Crippen molar-refractivity contribution in [2.45, 2.75) is 11.4 Å². The Labute approximate surface area is 143 Å². The van der Waals surface area contributed by atoms with Gasteiger partial charge in [0, 0.05) is 19.6 Å². The lowest BCUT2D eigenvalue weighted by Crippen LogP contribution is -2.35. The molecule has 7 heteroatoms. The number of methoxy groups -OCH3 is 1. The molecule has 0 radical (unpaired) electrons. The van der Waals surface area contributed by atoms with E-state index in [2.05, 4.69) is 0 Å². The first kappa shape index (κ1) is 19.4. The highest BCUT2D eigenvalue weighted by atomic mass is 35.5. The van der Waals surface area contributed by atoms with Gasteiger partial charge in [-0.15, -0.1) is 12.4 Å². The first-order chi connectivity index (χ1) is 10.6. The van der Waals surface area contributed by atoms with Gasteiger partial charge in [0.2, 0.25) is 10.0 Å². The van der Waals surface area contributed by atoms with Gasteiger partial charge in [-0.25, -0.2) is 8.42 Å². The molecule has 0 amide bonds. The van der Waals surface area contributed by atoms with E-state index in [-0.39, 0.29) is 36.9 Å². The number of benzene rings is 2. The van der Waals surface area contributed by atoms with Gasteiger partial charge in [-0.1, -0.05) is 42.5 Å². The first-order valence-corrected chi connectivity index (χ1v) is 8.40. The summed E-state index contributed by atoms with van der Waals surface area (Å²) < 4.78 is 32.3. The number of para-hydroxylation sites is 1. The largest absolute Gasteiger partial charge is 0.495 e. The highest BCUT2D eigenvalue weighted by Gasteiger charge is 2.27. The topological polar surface area (TPSA) is 72.6 Å². The molecule has 2 rings (SSSR count). The maximum absolute atomic E-state index is 12.9. The Balaban J connectivity index is 0.00000264. The monoisotopic (exact) mass is 356 g/mol. The maximum atomic E-state index is 12.9. The summed E-state index contributed by atoms with van der Waals surface area (Å²) in [4.78, 5) is 0.155. The van der Waals surface area contributed by atoms with Gasteiger partial charge < -0.3 is 10.5 Å². The molecule has 0 aromatic heterocycles. The van der Waals surface area contributed by atoms with Crippen molar-refractivity contribution >= 4 is 22.4 Å². The van der Waals surface area contributed by atoms with Gasteiger partial charge in [0.1, 0.15) is 10.6 Å². The molecule has 126 valence electrons. The third-order valence-electron chi connectivity index (χ3n) is 3.27. The number of sulfonamides is 1. The molecule has 0 aliphatic carbocycles. The molecule has 0 unspecified atom stereocenters. The van der Waals surface area contributed by atoms with Gasteiger partial charge in [0.05, 0.1) is 7.11 Å². The van der Waals surface area contributed by atoms with Gasteiger partial charge in [-0.3, -0.25) is 0 Å². The van der Waals surface area contributed by atoms with E-state index in [1.54, 1.807) is 24.3 Å². The van der Waals surface area contributed by atoms with Gasteiger partial charge >= 0.3 is 0 Å². The molecule has 0 fully saturated rings. The van der Waals surface area contributed by atoms with Crippen LogP contribution in [0.25, 0.3) is 0 Å². The normalized spacial score (nSPS) is 11.1. The average molecular weight is 357 g/mol. The molecule has 0 saturated heterocycles. The van der Waals surface area contributed by atoms with Crippen molar-refractivity contribution in [3.8, 4) is 5.75 Å². The molecule has 0 spiro atoms. The van der Waals surface area contributed by atoms with Crippen molar-refractivity contribution in [2.75, 3.05) is 20.2 Å². The highest BCUT2D eigenvalue weighted by molar-refractivity contribution is 7.89. The molecular weight excluding hydrogens is 336 g/mol. The minimum absolute atomic E-state index is 0. The molecule has 23 heavy (non-hydrogen) atoms. The summed E-state index contributed by atoms with van der Waals surface area (Å²) in [5.41, 5.74) is 6.50. The van der Waals surface area contributed by atoms with Crippen LogP contribution in [-0.2, 0) is 16.6 Å². The molecule has 0 saturated carbocycles. The smallest absolute Gasteiger partial charge is 0.247 e. The predicted molar refractivity (Wildman–Crippen MR) is 93.3 cm³/mol. The van der Waals surface area contributed by atoms with Crippen LogP contribution >= 0.6 is 12.4 Å². The second-order valence-electron chi connectivity index (χ2n) is 4.76. The number of ether oxygens (including phenoxy) is 1. The van der Waals surface area contributed by atoms with Gasteiger partial charge in [0.15, 0.2) is 0 Å². The molecule has 2 aromatic rings. The Kier molecular flexibility index (Phi) is 7.51.